The fraction of sp³-hybridized carbons (Fsp3) is 0.227. The molecule has 0 unspecified atom stereocenters. The predicted molar refractivity (Wildman–Crippen MR) is 122 cm³/mol. The summed E-state index contributed by atoms with van der Waals surface area (Å²) in [7, 11) is 1.32. The Kier molecular flexibility index (Phi) is 7.84. The Morgan fingerprint density at radius 1 is 1.24 bits per heavy atom. The molecule has 0 saturated carbocycles. The molecule has 1 heterocycles. The van der Waals surface area contributed by atoms with Gasteiger partial charge >= 0.3 is 0 Å². The first-order valence-electron chi connectivity index (χ1n) is 10.0. The van der Waals surface area contributed by atoms with Gasteiger partial charge in [0.2, 0.25) is 0 Å². The molecule has 1 saturated heterocycles. The van der Waals surface area contributed by atoms with Gasteiger partial charge in [-0.2, -0.15) is 0 Å². The number of nitro groups is 1. The molecule has 0 aliphatic carbocycles. The first-order chi connectivity index (χ1) is 16.2. The molecular formula is C22H20FN3O7S. The molecule has 34 heavy (non-hydrogen) atoms. The second-order valence-electron chi connectivity index (χ2n) is 6.85. The van der Waals surface area contributed by atoms with Crippen LogP contribution in [-0.2, 0) is 4.79 Å². The smallest absolute Gasteiger partial charge is 0.293 e. The quantitative estimate of drug-likeness (QED) is 0.321. The normalized spacial score (nSPS) is 14.4. The maximum atomic E-state index is 13.1. The van der Waals surface area contributed by atoms with Crippen molar-refractivity contribution in [2.24, 2.45) is 0 Å². The van der Waals surface area contributed by atoms with E-state index in [9.17, 15) is 28.9 Å². The van der Waals surface area contributed by atoms with Crippen molar-refractivity contribution in [1.29, 1.82) is 0 Å². The summed E-state index contributed by atoms with van der Waals surface area (Å²) in [6, 6.07) is 7.73. The van der Waals surface area contributed by atoms with Gasteiger partial charge in [0.25, 0.3) is 22.7 Å². The van der Waals surface area contributed by atoms with Crippen molar-refractivity contribution in [2.75, 3.05) is 26.8 Å². The monoisotopic (exact) mass is 489 g/mol. The molecule has 3 amide bonds. The molecular weight excluding hydrogens is 469 g/mol. The first-order valence-corrected chi connectivity index (χ1v) is 10.8. The zero-order valence-electron chi connectivity index (χ0n) is 18.2. The molecule has 1 aliphatic rings. The third kappa shape index (κ3) is 5.52. The largest absolute Gasteiger partial charge is 0.493 e. The Balaban J connectivity index is 1.69. The number of benzene rings is 2. The highest BCUT2D eigenvalue weighted by Gasteiger charge is 2.35. The Hall–Kier alpha value is -3.93. The topological polar surface area (TPSA) is 128 Å². The average Bonchev–Trinajstić information content (AvgIpc) is 3.07. The van der Waals surface area contributed by atoms with Crippen molar-refractivity contribution in [1.82, 2.24) is 10.2 Å². The highest BCUT2D eigenvalue weighted by molar-refractivity contribution is 8.18. The zero-order valence-corrected chi connectivity index (χ0v) is 19.0. The van der Waals surface area contributed by atoms with Crippen LogP contribution in [0.2, 0.25) is 0 Å². The van der Waals surface area contributed by atoms with E-state index in [0.29, 0.717) is 5.56 Å². The summed E-state index contributed by atoms with van der Waals surface area (Å²) in [4.78, 5) is 49.3. The summed E-state index contributed by atoms with van der Waals surface area (Å²) in [5.41, 5.74) is -0.178. The number of nitrogens with zero attached hydrogens (tertiary/aromatic N) is 2. The van der Waals surface area contributed by atoms with Crippen LogP contribution in [0, 0.1) is 15.9 Å². The number of nitrogens with one attached hydrogen (secondary N) is 1. The van der Waals surface area contributed by atoms with E-state index < -0.39 is 33.5 Å². The van der Waals surface area contributed by atoms with Gasteiger partial charge in [-0.15, -0.1) is 0 Å². The van der Waals surface area contributed by atoms with Crippen LogP contribution >= 0.6 is 11.8 Å². The fourth-order valence-corrected chi connectivity index (χ4v) is 3.95. The lowest BCUT2D eigenvalue weighted by molar-refractivity contribution is -0.385. The molecule has 1 N–H and O–H groups in total. The molecule has 2 aromatic rings. The van der Waals surface area contributed by atoms with Crippen molar-refractivity contribution in [3.05, 3.63) is 68.4 Å². The predicted octanol–water partition coefficient (Wildman–Crippen LogP) is 3.61. The van der Waals surface area contributed by atoms with Crippen LogP contribution in [-0.4, -0.2) is 53.7 Å². The number of hydrogen-bond acceptors (Lipinski definition) is 8. The van der Waals surface area contributed by atoms with Crippen LogP contribution in [0.1, 0.15) is 22.8 Å². The van der Waals surface area contributed by atoms with Gasteiger partial charge in [0.15, 0.2) is 11.5 Å². The minimum Gasteiger partial charge on any atom is -0.493 e. The van der Waals surface area contributed by atoms with Gasteiger partial charge < -0.3 is 14.8 Å². The van der Waals surface area contributed by atoms with Gasteiger partial charge in [-0.05, 0) is 42.5 Å². The fourth-order valence-electron chi connectivity index (χ4n) is 3.09. The Labute approximate surface area is 197 Å². The maximum Gasteiger partial charge on any atom is 0.293 e. The number of carbonyl (C=O) groups is 3. The van der Waals surface area contributed by atoms with Crippen molar-refractivity contribution in [3.8, 4) is 11.5 Å². The molecule has 0 aromatic heterocycles. The molecule has 3 rings (SSSR count). The average molecular weight is 489 g/mol. The van der Waals surface area contributed by atoms with Crippen molar-refractivity contribution in [2.45, 2.75) is 6.92 Å². The van der Waals surface area contributed by atoms with E-state index in [1.54, 1.807) is 6.92 Å². The standard InChI is InChI=1S/C22H20FN3O7S/c1-3-33-18-11-15(16(26(30)31)12-17(18)32-2)20(27)24-8-9-25-21(28)19(34-22(25)29)10-13-4-6-14(23)7-5-13/h4-7,10-12H,3,8-9H2,1-2H3,(H,24,27). The van der Waals surface area contributed by atoms with E-state index in [0.717, 1.165) is 22.7 Å². The number of hydrogen-bond donors (Lipinski definition) is 1. The van der Waals surface area contributed by atoms with Crippen LogP contribution in [0.25, 0.3) is 6.08 Å². The van der Waals surface area contributed by atoms with Gasteiger partial charge in [0, 0.05) is 19.2 Å². The summed E-state index contributed by atoms with van der Waals surface area (Å²) in [6.45, 7) is 1.69. The van der Waals surface area contributed by atoms with E-state index in [-0.39, 0.29) is 41.7 Å². The SMILES string of the molecule is CCOc1cc(C(=O)NCCN2C(=O)SC(=Cc3ccc(F)cc3)C2=O)c([N+](=O)[O-])cc1OC. The number of halogens is 1. The van der Waals surface area contributed by atoms with Gasteiger partial charge in [-0.3, -0.25) is 29.4 Å². The zero-order chi connectivity index (χ0) is 24.8. The third-order valence-corrected chi connectivity index (χ3v) is 5.59. The minimum absolute atomic E-state index is 0.107. The Morgan fingerprint density at radius 3 is 2.56 bits per heavy atom. The first kappa shape index (κ1) is 24.7. The molecule has 0 spiro atoms. The second kappa shape index (κ2) is 10.8. The molecule has 178 valence electrons. The van der Waals surface area contributed by atoms with Gasteiger partial charge in [0.05, 0.1) is 29.6 Å². The summed E-state index contributed by atoms with van der Waals surface area (Å²) in [5, 5.41) is 13.4. The van der Waals surface area contributed by atoms with E-state index >= 15 is 0 Å². The summed E-state index contributed by atoms with van der Waals surface area (Å²) in [5.74, 6) is -1.48. The molecule has 2 aromatic carbocycles. The summed E-state index contributed by atoms with van der Waals surface area (Å²) >= 11 is 0.726. The van der Waals surface area contributed by atoms with E-state index in [4.69, 9.17) is 9.47 Å². The number of nitro benzene ring substituents is 1. The third-order valence-electron chi connectivity index (χ3n) is 4.69. The van der Waals surface area contributed by atoms with E-state index in [2.05, 4.69) is 5.32 Å². The number of ether oxygens (including phenoxy) is 2. The molecule has 0 radical (unpaired) electrons. The molecule has 1 fully saturated rings. The van der Waals surface area contributed by atoms with Crippen LogP contribution in [0.15, 0.2) is 41.3 Å². The molecule has 0 bridgehead atoms. The molecule has 0 atom stereocenters. The number of imide groups is 1. The van der Waals surface area contributed by atoms with E-state index in [1.165, 1.54) is 43.5 Å². The number of rotatable bonds is 9. The lowest BCUT2D eigenvalue weighted by Gasteiger charge is -2.14. The van der Waals surface area contributed by atoms with Gasteiger partial charge in [-0.1, -0.05) is 12.1 Å². The number of amides is 3. The maximum absolute atomic E-state index is 13.1. The highest BCUT2D eigenvalue weighted by Crippen LogP contribution is 2.35. The molecule has 12 heteroatoms. The van der Waals surface area contributed by atoms with Crippen LogP contribution in [0.5, 0.6) is 11.5 Å². The lowest BCUT2D eigenvalue weighted by atomic mass is 10.1. The summed E-state index contributed by atoms with van der Waals surface area (Å²) in [6.07, 6.45) is 1.47. The van der Waals surface area contributed by atoms with Gasteiger partial charge in [0.1, 0.15) is 11.4 Å². The lowest BCUT2D eigenvalue weighted by Crippen LogP contribution is -2.37. The summed E-state index contributed by atoms with van der Waals surface area (Å²) < 4.78 is 23.5. The Morgan fingerprint density at radius 2 is 1.94 bits per heavy atom. The van der Waals surface area contributed by atoms with Crippen molar-refractivity contribution < 1.29 is 33.2 Å². The van der Waals surface area contributed by atoms with Crippen molar-refractivity contribution >= 4 is 40.6 Å². The number of thioether (sulfide) groups is 1. The minimum atomic E-state index is -0.774. The van der Waals surface area contributed by atoms with Crippen LogP contribution < -0.4 is 14.8 Å². The number of carbonyl (C=O) groups excluding carboxylic acids is 3. The Bertz CT molecular complexity index is 1170. The highest BCUT2D eigenvalue weighted by atomic mass is 32.2. The molecule has 10 nitrogen and oxygen atoms in total. The van der Waals surface area contributed by atoms with Crippen molar-refractivity contribution in [3.63, 3.8) is 0 Å². The van der Waals surface area contributed by atoms with Crippen LogP contribution in [0.3, 0.4) is 0 Å². The number of methoxy groups -OCH3 is 1. The second-order valence-corrected chi connectivity index (χ2v) is 7.84. The van der Waals surface area contributed by atoms with Crippen LogP contribution in [0.4, 0.5) is 14.9 Å². The van der Waals surface area contributed by atoms with Gasteiger partial charge in [-0.25, -0.2) is 4.39 Å². The van der Waals surface area contributed by atoms with E-state index in [1.807, 2.05) is 0 Å². The molecule has 1 aliphatic heterocycles.